The van der Waals surface area contributed by atoms with Crippen molar-refractivity contribution < 1.29 is 14.1 Å². The molecule has 0 radical (unpaired) electrons. The summed E-state index contributed by atoms with van der Waals surface area (Å²) in [4.78, 5) is 20.8. The Hall–Kier alpha value is -2.44. The number of rotatable bonds is 4. The van der Waals surface area contributed by atoms with Gasteiger partial charge >= 0.3 is 6.01 Å². The number of nitrogens with one attached hydrogen (secondary N) is 1. The number of ether oxygens (including phenoxy) is 1. The van der Waals surface area contributed by atoms with E-state index in [4.69, 9.17) is 9.26 Å². The third-order valence-electron chi connectivity index (χ3n) is 3.02. The Labute approximate surface area is 122 Å². The summed E-state index contributed by atoms with van der Waals surface area (Å²) in [5.74, 6) is 0.192. The number of anilines is 1. The summed E-state index contributed by atoms with van der Waals surface area (Å²) < 4.78 is 10.3. The number of nitrogens with zero attached hydrogens (tertiary/aromatic N) is 3. The highest BCUT2D eigenvalue weighted by molar-refractivity contribution is 6.06. The van der Waals surface area contributed by atoms with Gasteiger partial charge in [0.1, 0.15) is 11.3 Å². The number of aryl methyl sites for hydroxylation is 4. The lowest BCUT2D eigenvalue weighted by Gasteiger charge is -2.11. The lowest BCUT2D eigenvalue weighted by Crippen LogP contribution is -2.16. The molecule has 0 bridgehead atoms. The second kappa shape index (κ2) is 5.90. The van der Waals surface area contributed by atoms with Crippen molar-refractivity contribution >= 4 is 11.6 Å². The van der Waals surface area contributed by atoms with Gasteiger partial charge in [-0.1, -0.05) is 5.16 Å². The van der Waals surface area contributed by atoms with Crippen LogP contribution in [0.4, 0.5) is 5.69 Å². The lowest BCUT2D eigenvalue weighted by atomic mass is 10.2. The molecule has 0 aromatic carbocycles. The van der Waals surface area contributed by atoms with Crippen molar-refractivity contribution in [3.8, 4) is 6.01 Å². The van der Waals surface area contributed by atoms with E-state index in [1.807, 2.05) is 6.92 Å². The minimum atomic E-state index is -0.287. The predicted octanol–water partition coefficient (Wildman–Crippen LogP) is 2.35. The van der Waals surface area contributed by atoms with Gasteiger partial charge in [-0.05, 0) is 34.6 Å². The minimum Gasteiger partial charge on any atom is -0.464 e. The summed E-state index contributed by atoms with van der Waals surface area (Å²) >= 11 is 0. The molecule has 2 heterocycles. The van der Waals surface area contributed by atoms with Gasteiger partial charge in [0.15, 0.2) is 0 Å². The standard InChI is InChI=1S/C14H18N4O3/c1-6-20-14-15-8(3)12(9(4)16-14)17-13(19)11-7(2)18-21-10(11)5/h6H2,1-5H3,(H,17,19). The van der Waals surface area contributed by atoms with Gasteiger partial charge in [-0.3, -0.25) is 4.79 Å². The Morgan fingerprint density at radius 3 is 2.24 bits per heavy atom. The topological polar surface area (TPSA) is 90.1 Å². The zero-order chi connectivity index (χ0) is 15.6. The van der Waals surface area contributed by atoms with Crippen molar-refractivity contribution in [3.63, 3.8) is 0 Å². The summed E-state index contributed by atoms with van der Waals surface area (Å²) in [6.45, 7) is 9.36. The normalized spacial score (nSPS) is 10.5. The van der Waals surface area contributed by atoms with Crippen LogP contribution in [-0.2, 0) is 0 Å². The molecule has 2 rings (SSSR count). The van der Waals surface area contributed by atoms with E-state index >= 15 is 0 Å². The number of hydrogen-bond acceptors (Lipinski definition) is 6. The van der Waals surface area contributed by atoms with E-state index in [0.717, 1.165) is 0 Å². The van der Waals surface area contributed by atoms with Gasteiger partial charge in [0, 0.05) is 0 Å². The highest BCUT2D eigenvalue weighted by Crippen LogP contribution is 2.22. The Morgan fingerprint density at radius 1 is 1.14 bits per heavy atom. The van der Waals surface area contributed by atoms with Crippen molar-refractivity contribution in [3.05, 3.63) is 28.4 Å². The molecule has 2 aromatic heterocycles. The molecule has 0 saturated heterocycles. The fourth-order valence-electron chi connectivity index (χ4n) is 2.04. The van der Waals surface area contributed by atoms with E-state index in [9.17, 15) is 4.79 Å². The van der Waals surface area contributed by atoms with Crippen molar-refractivity contribution in [2.24, 2.45) is 0 Å². The number of amides is 1. The van der Waals surface area contributed by atoms with Crippen LogP contribution in [0.15, 0.2) is 4.52 Å². The molecule has 0 aliphatic heterocycles. The van der Waals surface area contributed by atoms with Crippen LogP contribution < -0.4 is 10.1 Å². The van der Waals surface area contributed by atoms with Crippen molar-refractivity contribution in [2.75, 3.05) is 11.9 Å². The average molecular weight is 290 g/mol. The third-order valence-corrected chi connectivity index (χ3v) is 3.02. The SMILES string of the molecule is CCOc1nc(C)c(NC(=O)c2c(C)noc2C)c(C)n1. The van der Waals surface area contributed by atoms with Gasteiger partial charge in [-0.25, -0.2) is 0 Å². The van der Waals surface area contributed by atoms with E-state index < -0.39 is 0 Å². The van der Waals surface area contributed by atoms with Gasteiger partial charge in [-0.15, -0.1) is 0 Å². The van der Waals surface area contributed by atoms with Gasteiger partial charge in [0.2, 0.25) is 0 Å². The largest absolute Gasteiger partial charge is 0.464 e. The molecule has 0 unspecified atom stereocenters. The summed E-state index contributed by atoms with van der Waals surface area (Å²) in [5.41, 5.74) is 2.84. The van der Waals surface area contributed by atoms with Crippen molar-refractivity contribution in [1.29, 1.82) is 0 Å². The number of carbonyl (C=O) groups is 1. The second-order valence-electron chi connectivity index (χ2n) is 4.64. The Morgan fingerprint density at radius 2 is 1.76 bits per heavy atom. The van der Waals surface area contributed by atoms with Crippen LogP contribution >= 0.6 is 0 Å². The first kappa shape index (κ1) is 15.0. The van der Waals surface area contributed by atoms with E-state index in [-0.39, 0.29) is 5.91 Å². The molecule has 0 aliphatic carbocycles. The molecule has 7 nitrogen and oxygen atoms in total. The fourth-order valence-corrected chi connectivity index (χ4v) is 2.04. The van der Waals surface area contributed by atoms with Crippen LogP contribution in [0.25, 0.3) is 0 Å². The molecule has 0 aliphatic rings. The molecular weight excluding hydrogens is 272 g/mol. The van der Waals surface area contributed by atoms with Crippen molar-refractivity contribution in [1.82, 2.24) is 15.1 Å². The molecule has 112 valence electrons. The number of carbonyl (C=O) groups excluding carboxylic acids is 1. The first-order valence-corrected chi connectivity index (χ1v) is 6.66. The molecular formula is C14H18N4O3. The van der Waals surface area contributed by atoms with E-state index in [2.05, 4.69) is 20.4 Å². The highest BCUT2D eigenvalue weighted by Gasteiger charge is 2.20. The predicted molar refractivity (Wildman–Crippen MR) is 76.6 cm³/mol. The van der Waals surface area contributed by atoms with Crippen LogP contribution in [0.1, 0.15) is 40.1 Å². The molecule has 0 fully saturated rings. The molecule has 7 heteroatoms. The molecule has 0 spiro atoms. The highest BCUT2D eigenvalue weighted by atomic mass is 16.5. The zero-order valence-electron chi connectivity index (χ0n) is 12.8. The maximum Gasteiger partial charge on any atom is 0.316 e. The Bertz CT molecular complexity index is 636. The van der Waals surface area contributed by atoms with Crippen molar-refractivity contribution in [2.45, 2.75) is 34.6 Å². The summed E-state index contributed by atoms with van der Waals surface area (Å²) in [5, 5.41) is 6.59. The van der Waals surface area contributed by atoms with Crippen LogP contribution in [0.2, 0.25) is 0 Å². The van der Waals surface area contributed by atoms with E-state index in [1.54, 1.807) is 27.7 Å². The van der Waals surface area contributed by atoms with Gasteiger partial charge in [0.05, 0.1) is 29.4 Å². The molecule has 0 saturated carbocycles. The first-order chi connectivity index (χ1) is 9.93. The summed E-state index contributed by atoms with van der Waals surface area (Å²) in [6, 6.07) is 0.308. The average Bonchev–Trinajstić information content (AvgIpc) is 2.74. The number of aromatic nitrogens is 3. The molecule has 1 amide bonds. The van der Waals surface area contributed by atoms with E-state index in [1.165, 1.54) is 0 Å². The molecule has 1 N–H and O–H groups in total. The second-order valence-corrected chi connectivity index (χ2v) is 4.64. The van der Waals surface area contributed by atoms with Crippen LogP contribution in [-0.4, -0.2) is 27.6 Å². The lowest BCUT2D eigenvalue weighted by molar-refractivity contribution is 0.102. The zero-order valence-corrected chi connectivity index (χ0v) is 12.8. The van der Waals surface area contributed by atoms with Gasteiger partial charge in [0.25, 0.3) is 5.91 Å². The van der Waals surface area contributed by atoms with Crippen LogP contribution in [0.3, 0.4) is 0 Å². The maximum absolute atomic E-state index is 12.3. The molecule has 21 heavy (non-hydrogen) atoms. The quantitative estimate of drug-likeness (QED) is 0.929. The summed E-state index contributed by atoms with van der Waals surface area (Å²) in [7, 11) is 0. The third kappa shape index (κ3) is 3.01. The fraction of sp³-hybridized carbons (Fsp3) is 0.429. The monoisotopic (exact) mass is 290 g/mol. The van der Waals surface area contributed by atoms with E-state index in [0.29, 0.717) is 46.7 Å². The summed E-state index contributed by atoms with van der Waals surface area (Å²) in [6.07, 6.45) is 0. The van der Waals surface area contributed by atoms with Crippen LogP contribution in [0, 0.1) is 27.7 Å². The maximum atomic E-state index is 12.3. The Balaban J connectivity index is 2.30. The molecule has 2 aromatic rings. The Kier molecular flexibility index (Phi) is 4.21. The molecule has 0 atom stereocenters. The number of hydrogen-bond donors (Lipinski definition) is 1. The van der Waals surface area contributed by atoms with Gasteiger partial charge < -0.3 is 14.6 Å². The first-order valence-electron chi connectivity index (χ1n) is 6.66. The minimum absolute atomic E-state index is 0.287. The smallest absolute Gasteiger partial charge is 0.316 e. The van der Waals surface area contributed by atoms with Crippen LogP contribution in [0.5, 0.6) is 6.01 Å². The van der Waals surface area contributed by atoms with Gasteiger partial charge in [-0.2, -0.15) is 9.97 Å².